The molecule has 0 atom stereocenters. The average molecular weight is 440 g/mol. The summed E-state index contributed by atoms with van der Waals surface area (Å²) in [6.07, 6.45) is 3.95. The van der Waals surface area contributed by atoms with E-state index in [0.717, 1.165) is 29.9 Å². The zero-order chi connectivity index (χ0) is 22.8. The van der Waals surface area contributed by atoms with E-state index in [1.165, 1.54) is 5.56 Å². The Morgan fingerprint density at radius 1 is 1.06 bits per heavy atom. The highest BCUT2D eigenvalue weighted by Crippen LogP contribution is 2.29. The zero-order valence-corrected chi connectivity index (χ0v) is 18.4. The molecule has 166 valence electrons. The van der Waals surface area contributed by atoms with E-state index in [-0.39, 0.29) is 11.7 Å². The number of aryl methyl sites for hydroxylation is 1. The highest BCUT2D eigenvalue weighted by atomic mass is 16.3. The molecule has 0 unspecified atom stereocenters. The van der Waals surface area contributed by atoms with Crippen molar-refractivity contribution in [2.75, 3.05) is 26.2 Å². The van der Waals surface area contributed by atoms with E-state index in [2.05, 4.69) is 34.6 Å². The van der Waals surface area contributed by atoms with Gasteiger partial charge in [-0.15, -0.1) is 0 Å². The van der Waals surface area contributed by atoms with Gasteiger partial charge in [-0.05, 0) is 48.9 Å². The number of nitrogens with zero attached hydrogens (tertiary/aromatic N) is 3. The van der Waals surface area contributed by atoms with Gasteiger partial charge in [0.05, 0.1) is 22.3 Å². The van der Waals surface area contributed by atoms with Crippen LogP contribution in [0, 0.1) is 6.92 Å². The lowest BCUT2D eigenvalue weighted by atomic mass is 10.0. The quantitative estimate of drug-likeness (QED) is 0.449. The number of benzene rings is 2. The van der Waals surface area contributed by atoms with E-state index >= 15 is 0 Å². The van der Waals surface area contributed by atoms with Crippen molar-refractivity contribution in [3.63, 3.8) is 0 Å². The third kappa shape index (κ3) is 4.36. The number of rotatable bonds is 4. The maximum atomic E-state index is 13.6. The second kappa shape index (κ2) is 8.88. The number of hydrogen-bond acceptors (Lipinski definition) is 5. The molecule has 7 nitrogen and oxygen atoms in total. The largest absolute Gasteiger partial charge is 0.508 e. The molecule has 7 heteroatoms. The number of amides is 1. The molecule has 1 amide bonds. The first-order valence-electron chi connectivity index (χ1n) is 11.0. The van der Waals surface area contributed by atoms with Crippen molar-refractivity contribution < 1.29 is 9.90 Å². The van der Waals surface area contributed by atoms with Gasteiger partial charge in [-0.2, -0.15) is 5.10 Å². The topological polar surface area (TPSA) is 94.1 Å². The Hall–Kier alpha value is -3.97. The van der Waals surface area contributed by atoms with E-state index in [4.69, 9.17) is 4.98 Å². The lowest BCUT2D eigenvalue weighted by Crippen LogP contribution is -2.46. The molecule has 5 rings (SSSR count). The minimum absolute atomic E-state index is 0.0319. The third-order valence-electron chi connectivity index (χ3n) is 5.83. The molecule has 1 saturated heterocycles. The number of carbonyl (C=O) groups is 1. The van der Waals surface area contributed by atoms with Gasteiger partial charge in [0.1, 0.15) is 5.75 Å². The molecular formula is C26H25N5O2. The standard InChI is InChI=1S/C26H25N5O2/c1-17-3-2-4-18(15-17)5-10-22-24-21(26(33)31-13-11-27-12-14-31)16-23(28-25(24)30-29-22)19-6-8-20(32)9-7-19/h2-10,15-16,27,32H,11-14H2,1H3,(H,28,29,30). The number of piperazine rings is 1. The van der Waals surface area contributed by atoms with Gasteiger partial charge < -0.3 is 15.3 Å². The normalized spacial score (nSPS) is 14.3. The number of aromatic amines is 1. The predicted molar refractivity (Wildman–Crippen MR) is 130 cm³/mol. The third-order valence-corrected chi connectivity index (χ3v) is 5.83. The van der Waals surface area contributed by atoms with Crippen molar-refractivity contribution in [1.29, 1.82) is 0 Å². The molecular weight excluding hydrogens is 414 g/mol. The highest BCUT2D eigenvalue weighted by molar-refractivity contribution is 6.09. The molecule has 0 spiro atoms. The van der Waals surface area contributed by atoms with Crippen LogP contribution >= 0.6 is 0 Å². The van der Waals surface area contributed by atoms with Gasteiger partial charge >= 0.3 is 0 Å². The fourth-order valence-electron chi connectivity index (χ4n) is 4.11. The molecule has 3 N–H and O–H groups in total. The Kier molecular flexibility index (Phi) is 5.62. The van der Waals surface area contributed by atoms with Gasteiger partial charge in [0.15, 0.2) is 5.65 Å². The Bertz CT molecular complexity index is 1330. The molecule has 0 bridgehead atoms. The van der Waals surface area contributed by atoms with Crippen molar-refractivity contribution in [2.24, 2.45) is 0 Å². The molecule has 2 aromatic heterocycles. The smallest absolute Gasteiger partial charge is 0.254 e. The number of carbonyl (C=O) groups excluding carboxylic acids is 1. The van der Waals surface area contributed by atoms with Crippen LogP contribution in [0.15, 0.2) is 54.6 Å². The van der Waals surface area contributed by atoms with Crippen LogP contribution < -0.4 is 5.32 Å². The molecule has 3 heterocycles. The Labute approximate surface area is 191 Å². The maximum Gasteiger partial charge on any atom is 0.254 e. The summed E-state index contributed by atoms with van der Waals surface area (Å²) in [4.78, 5) is 20.2. The first kappa shape index (κ1) is 20.9. The number of pyridine rings is 1. The van der Waals surface area contributed by atoms with Crippen LogP contribution in [0.2, 0.25) is 0 Å². The van der Waals surface area contributed by atoms with Crippen LogP contribution in [0.3, 0.4) is 0 Å². The fraction of sp³-hybridized carbons (Fsp3) is 0.192. The lowest BCUT2D eigenvalue weighted by molar-refractivity contribution is 0.0737. The summed E-state index contributed by atoms with van der Waals surface area (Å²) < 4.78 is 0. The van der Waals surface area contributed by atoms with Gasteiger partial charge in [0.2, 0.25) is 0 Å². The molecule has 4 aromatic rings. The first-order valence-corrected chi connectivity index (χ1v) is 11.0. The van der Waals surface area contributed by atoms with Crippen molar-refractivity contribution in [1.82, 2.24) is 25.4 Å². The van der Waals surface area contributed by atoms with Crippen molar-refractivity contribution in [2.45, 2.75) is 6.92 Å². The minimum Gasteiger partial charge on any atom is -0.508 e. The molecule has 1 aliphatic rings. The van der Waals surface area contributed by atoms with Gasteiger partial charge in [0, 0.05) is 31.7 Å². The second-order valence-corrected chi connectivity index (χ2v) is 8.23. The zero-order valence-electron chi connectivity index (χ0n) is 18.4. The van der Waals surface area contributed by atoms with Crippen LogP contribution in [0.1, 0.15) is 27.2 Å². The second-order valence-electron chi connectivity index (χ2n) is 8.23. The molecule has 0 saturated carbocycles. The van der Waals surface area contributed by atoms with E-state index in [9.17, 15) is 9.90 Å². The highest BCUT2D eigenvalue weighted by Gasteiger charge is 2.24. The Morgan fingerprint density at radius 2 is 1.85 bits per heavy atom. The van der Waals surface area contributed by atoms with E-state index < -0.39 is 0 Å². The molecule has 0 radical (unpaired) electrons. The molecule has 2 aromatic carbocycles. The molecule has 1 aliphatic heterocycles. The number of nitrogens with one attached hydrogen (secondary N) is 2. The van der Waals surface area contributed by atoms with Crippen LogP contribution in [0.25, 0.3) is 34.4 Å². The SMILES string of the molecule is Cc1cccc(C=Cc2[nH]nc3nc(-c4ccc(O)cc4)cc(C(=O)N4CCNCC4)c23)c1. The Balaban J connectivity index is 1.62. The summed E-state index contributed by atoms with van der Waals surface area (Å²) in [5.41, 5.74) is 5.51. The van der Waals surface area contributed by atoms with E-state index in [0.29, 0.717) is 35.4 Å². The number of aromatic hydroxyl groups is 1. The minimum atomic E-state index is -0.0319. The number of phenolic OH excluding ortho intramolecular Hbond substituents is 1. The average Bonchev–Trinajstić information content (AvgIpc) is 3.26. The number of phenols is 1. The summed E-state index contributed by atoms with van der Waals surface area (Å²) in [6.45, 7) is 4.92. The summed E-state index contributed by atoms with van der Waals surface area (Å²) in [6, 6.07) is 16.8. The lowest BCUT2D eigenvalue weighted by Gasteiger charge is -2.27. The van der Waals surface area contributed by atoms with Crippen LogP contribution in [0.4, 0.5) is 0 Å². The van der Waals surface area contributed by atoms with Crippen LogP contribution in [-0.4, -0.2) is 57.3 Å². The van der Waals surface area contributed by atoms with Gasteiger partial charge in [0.25, 0.3) is 5.91 Å². The molecule has 0 aliphatic carbocycles. The van der Waals surface area contributed by atoms with E-state index in [1.54, 1.807) is 24.3 Å². The number of H-pyrrole nitrogens is 1. The van der Waals surface area contributed by atoms with Crippen LogP contribution in [0.5, 0.6) is 5.75 Å². The Morgan fingerprint density at radius 3 is 2.61 bits per heavy atom. The number of fused-ring (bicyclic) bond motifs is 1. The maximum absolute atomic E-state index is 13.6. The summed E-state index contributed by atoms with van der Waals surface area (Å²) in [7, 11) is 0. The monoisotopic (exact) mass is 439 g/mol. The van der Waals surface area contributed by atoms with Crippen molar-refractivity contribution in [3.05, 3.63) is 77.0 Å². The van der Waals surface area contributed by atoms with Gasteiger partial charge in [-0.3, -0.25) is 9.89 Å². The first-order chi connectivity index (χ1) is 16.1. The number of hydrogen-bond donors (Lipinski definition) is 3. The summed E-state index contributed by atoms with van der Waals surface area (Å²) in [5.74, 6) is 0.149. The fourth-order valence-corrected chi connectivity index (χ4v) is 4.11. The van der Waals surface area contributed by atoms with Crippen molar-refractivity contribution in [3.8, 4) is 17.0 Å². The van der Waals surface area contributed by atoms with Crippen LogP contribution in [-0.2, 0) is 0 Å². The van der Waals surface area contributed by atoms with Gasteiger partial charge in [-0.1, -0.05) is 35.9 Å². The predicted octanol–water partition coefficient (Wildman–Crippen LogP) is 3.85. The summed E-state index contributed by atoms with van der Waals surface area (Å²) in [5, 5.41) is 21.1. The molecule has 33 heavy (non-hydrogen) atoms. The van der Waals surface area contributed by atoms with Gasteiger partial charge in [-0.25, -0.2) is 4.98 Å². The number of aromatic nitrogens is 3. The van der Waals surface area contributed by atoms with Crippen molar-refractivity contribution >= 4 is 29.1 Å². The summed E-state index contributed by atoms with van der Waals surface area (Å²) >= 11 is 0. The van der Waals surface area contributed by atoms with E-state index in [1.807, 2.05) is 35.3 Å². The molecule has 1 fully saturated rings.